The molecule has 0 saturated carbocycles. The van der Waals surface area contributed by atoms with Gasteiger partial charge in [0.2, 0.25) is 0 Å². The molecule has 0 aliphatic carbocycles. The quantitative estimate of drug-likeness (QED) is 0.784. The molecule has 1 N–H and O–H groups in total. The van der Waals surface area contributed by atoms with Gasteiger partial charge >= 0.3 is 0 Å². The van der Waals surface area contributed by atoms with Gasteiger partial charge in [0, 0.05) is 29.4 Å². The highest BCUT2D eigenvalue weighted by atomic mass is 32.2. The number of sulfone groups is 1. The van der Waals surface area contributed by atoms with Crippen molar-refractivity contribution < 1.29 is 16.8 Å². The van der Waals surface area contributed by atoms with E-state index in [4.69, 9.17) is 0 Å². The smallest absolute Gasteiger partial charge is 0.252 e. The first-order valence-corrected chi connectivity index (χ1v) is 13.2. The van der Waals surface area contributed by atoms with Crippen LogP contribution in [0.25, 0.3) is 9.75 Å². The van der Waals surface area contributed by atoms with Gasteiger partial charge in [0.05, 0.1) is 5.25 Å². The first-order chi connectivity index (χ1) is 12.4. The van der Waals surface area contributed by atoms with Crippen molar-refractivity contribution in [3.8, 4) is 9.75 Å². The average molecular weight is 433 g/mol. The number of hydrogen-bond donors (Lipinski definition) is 1. The van der Waals surface area contributed by atoms with E-state index in [0.717, 1.165) is 29.1 Å². The molecule has 2 saturated heterocycles. The van der Waals surface area contributed by atoms with Crippen LogP contribution in [-0.2, 0) is 19.9 Å². The number of sulfonamides is 1. The summed E-state index contributed by atoms with van der Waals surface area (Å²) >= 11 is 2.43. The zero-order chi connectivity index (χ0) is 18.4. The van der Waals surface area contributed by atoms with Gasteiger partial charge in [-0.25, -0.2) is 16.8 Å². The summed E-state index contributed by atoms with van der Waals surface area (Å²) in [6.45, 7) is 2.37. The van der Waals surface area contributed by atoms with Crippen molar-refractivity contribution >= 4 is 42.5 Å². The van der Waals surface area contributed by atoms with Gasteiger partial charge in [-0.1, -0.05) is 0 Å². The van der Waals surface area contributed by atoms with Crippen molar-refractivity contribution in [2.45, 2.75) is 32.9 Å². The summed E-state index contributed by atoms with van der Waals surface area (Å²) in [5, 5.41) is 2.72. The molecule has 26 heavy (non-hydrogen) atoms. The lowest BCUT2D eigenvalue weighted by Crippen LogP contribution is -2.27. The van der Waals surface area contributed by atoms with E-state index in [1.807, 2.05) is 0 Å². The Kier molecular flexibility index (Phi) is 4.99. The van der Waals surface area contributed by atoms with Gasteiger partial charge in [-0.05, 0) is 50.1 Å². The summed E-state index contributed by atoms with van der Waals surface area (Å²) in [5.74, 6) is 0. The third-order valence-corrected chi connectivity index (χ3v) is 12.2. The minimum atomic E-state index is -3.43. The Morgan fingerprint density at radius 2 is 1.54 bits per heavy atom. The van der Waals surface area contributed by atoms with Crippen LogP contribution in [0.2, 0.25) is 0 Å². The molecule has 10 heteroatoms. The summed E-state index contributed by atoms with van der Waals surface area (Å²) in [4.78, 5) is 1.58. The SMILES string of the molecule is O=S(=O)(c1ccc(-c2ccc(S(=O)(=O)N3CCCC3)s2)s1)C1CCNC1. The van der Waals surface area contributed by atoms with E-state index < -0.39 is 19.9 Å². The summed E-state index contributed by atoms with van der Waals surface area (Å²) in [6.07, 6.45) is 2.44. The van der Waals surface area contributed by atoms with Gasteiger partial charge in [-0.15, -0.1) is 22.7 Å². The second-order valence-corrected chi connectivity index (χ2v) is 13.3. The van der Waals surface area contributed by atoms with E-state index in [1.165, 1.54) is 27.0 Å². The molecule has 0 aromatic carbocycles. The fraction of sp³-hybridized carbons (Fsp3) is 0.500. The minimum absolute atomic E-state index is 0.326. The van der Waals surface area contributed by atoms with Crippen LogP contribution in [0.15, 0.2) is 32.7 Å². The fourth-order valence-electron chi connectivity index (χ4n) is 3.31. The van der Waals surface area contributed by atoms with Crippen LogP contribution in [0.4, 0.5) is 0 Å². The Labute approximate surface area is 161 Å². The Bertz CT molecular complexity index is 912. The van der Waals surface area contributed by atoms with Gasteiger partial charge < -0.3 is 5.32 Å². The summed E-state index contributed by atoms with van der Waals surface area (Å²) in [5.41, 5.74) is 0. The normalized spacial score (nSPS) is 22.2. The van der Waals surface area contributed by atoms with Crippen LogP contribution in [0.1, 0.15) is 19.3 Å². The lowest BCUT2D eigenvalue weighted by atomic mass is 10.4. The number of rotatable bonds is 5. The lowest BCUT2D eigenvalue weighted by molar-refractivity contribution is 0.479. The Morgan fingerprint density at radius 1 is 0.923 bits per heavy atom. The maximum absolute atomic E-state index is 12.7. The van der Waals surface area contributed by atoms with Crippen LogP contribution in [0.5, 0.6) is 0 Å². The van der Waals surface area contributed by atoms with E-state index in [9.17, 15) is 16.8 Å². The van der Waals surface area contributed by atoms with Crippen molar-refractivity contribution in [1.82, 2.24) is 9.62 Å². The second-order valence-electron chi connectivity index (χ2n) is 6.51. The molecule has 2 aromatic rings. The van der Waals surface area contributed by atoms with Crippen molar-refractivity contribution in [2.75, 3.05) is 26.2 Å². The monoisotopic (exact) mass is 432 g/mol. The van der Waals surface area contributed by atoms with Gasteiger partial charge in [0.25, 0.3) is 10.0 Å². The topological polar surface area (TPSA) is 83.5 Å². The van der Waals surface area contributed by atoms with Crippen LogP contribution < -0.4 is 5.32 Å². The third-order valence-electron chi connectivity index (χ3n) is 4.80. The Morgan fingerprint density at radius 3 is 2.15 bits per heavy atom. The molecule has 142 valence electrons. The molecule has 0 spiro atoms. The molecule has 2 aromatic heterocycles. The van der Waals surface area contributed by atoms with E-state index in [2.05, 4.69) is 5.32 Å². The molecule has 4 rings (SSSR count). The van der Waals surface area contributed by atoms with Crippen molar-refractivity contribution in [3.05, 3.63) is 24.3 Å². The molecule has 2 aliphatic heterocycles. The molecular formula is C16H20N2O4S4. The van der Waals surface area contributed by atoms with Gasteiger partial charge in [-0.3, -0.25) is 0 Å². The van der Waals surface area contributed by atoms with Gasteiger partial charge in [-0.2, -0.15) is 4.31 Å². The first-order valence-electron chi connectivity index (χ1n) is 8.54. The van der Waals surface area contributed by atoms with Crippen molar-refractivity contribution in [1.29, 1.82) is 0 Å². The van der Waals surface area contributed by atoms with Crippen LogP contribution in [0, 0.1) is 0 Å². The number of nitrogens with zero attached hydrogens (tertiary/aromatic N) is 1. The van der Waals surface area contributed by atoms with E-state index in [1.54, 1.807) is 24.3 Å². The number of hydrogen-bond acceptors (Lipinski definition) is 7. The highest BCUT2D eigenvalue weighted by Crippen LogP contribution is 2.39. The van der Waals surface area contributed by atoms with Gasteiger partial charge in [0.15, 0.2) is 9.84 Å². The van der Waals surface area contributed by atoms with Crippen LogP contribution in [-0.4, -0.2) is 52.6 Å². The molecule has 4 heterocycles. The summed E-state index contributed by atoms with van der Waals surface area (Å²) in [7, 11) is -6.76. The predicted molar refractivity (Wildman–Crippen MR) is 104 cm³/mol. The standard InChI is InChI=1S/C16H20N2O4S4/c19-25(20,12-7-8-17-11-12)15-5-3-13(23-15)14-4-6-16(24-14)26(21,22)18-9-1-2-10-18/h3-6,12,17H,1-2,7-11H2. The number of nitrogens with one attached hydrogen (secondary N) is 1. The molecule has 0 bridgehead atoms. The molecular weight excluding hydrogens is 412 g/mol. The summed E-state index contributed by atoms with van der Waals surface area (Å²) in [6, 6.07) is 6.81. The van der Waals surface area contributed by atoms with E-state index >= 15 is 0 Å². The van der Waals surface area contributed by atoms with Crippen molar-refractivity contribution in [3.63, 3.8) is 0 Å². The molecule has 2 aliphatic rings. The zero-order valence-electron chi connectivity index (χ0n) is 14.0. The van der Waals surface area contributed by atoms with Crippen molar-refractivity contribution in [2.24, 2.45) is 0 Å². The van der Waals surface area contributed by atoms with E-state index in [-0.39, 0.29) is 5.25 Å². The minimum Gasteiger partial charge on any atom is -0.315 e. The first kappa shape index (κ1) is 18.6. The number of thiophene rings is 2. The zero-order valence-corrected chi connectivity index (χ0v) is 17.3. The molecule has 0 radical (unpaired) electrons. The maximum Gasteiger partial charge on any atom is 0.252 e. The molecule has 6 nitrogen and oxygen atoms in total. The Hall–Kier alpha value is -0.780. The summed E-state index contributed by atoms with van der Waals surface area (Å²) < 4.78 is 52.9. The highest BCUT2D eigenvalue weighted by molar-refractivity contribution is 7.94. The lowest BCUT2D eigenvalue weighted by Gasteiger charge is -2.13. The van der Waals surface area contributed by atoms with E-state index in [0.29, 0.717) is 34.5 Å². The third kappa shape index (κ3) is 3.27. The maximum atomic E-state index is 12.7. The largest absolute Gasteiger partial charge is 0.315 e. The van der Waals surface area contributed by atoms with Gasteiger partial charge in [0.1, 0.15) is 8.42 Å². The van der Waals surface area contributed by atoms with Crippen LogP contribution >= 0.6 is 22.7 Å². The molecule has 2 fully saturated rings. The molecule has 1 atom stereocenters. The predicted octanol–water partition coefficient (Wildman–Crippen LogP) is 2.40. The highest BCUT2D eigenvalue weighted by Gasteiger charge is 2.32. The average Bonchev–Trinajstić information content (AvgIpc) is 3.44. The second kappa shape index (κ2) is 6.99. The molecule has 0 amide bonds. The van der Waals surface area contributed by atoms with Crippen LogP contribution in [0.3, 0.4) is 0 Å². The Balaban J connectivity index is 1.60. The fourth-order valence-corrected chi connectivity index (χ4v) is 9.61. The molecule has 1 unspecified atom stereocenters.